The molecule has 1 aliphatic carbocycles. The second-order valence-electron chi connectivity index (χ2n) is 11.0. The van der Waals surface area contributed by atoms with Crippen molar-refractivity contribution in [3.05, 3.63) is 35.7 Å². The lowest BCUT2D eigenvalue weighted by Crippen LogP contribution is -2.43. The normalized spacial score (nSPS) is 15.1. The molecule has 41 heavy (non-hydrogen) atoms. The van der Waals surface area contributed by atoms with Crippen LogP contribution in [0.1, 0.15) is 24.3 Å². The fraction of sp³-hybridized carbons (Fsp3) is 0.440. The van der Waals surface area contributed by atoms with Crippen LogP contribution in [-0.4, -0.2) is 69.6 Å². The summed E-state index contributed by atoms with van der Waals surface area (Å²) in [4.78, 5) is 8.17. The van der Waals surface area contributed by atoms with E-state index in [1.807, 2.05) is 0 Å². The molecule has 1 fully saturated rings. The van der Waals surface area contributed by atoms with Crippen molar-refractivity contribution in [1.29, 1.82) is 5.26 Å². The van der Waals surface area contributed by atoms with Gasteiger partial charge < -0.3 is 4.74 Å². The predicted octanol–water partition coefficient (Wildman–Crippen LogP) is 4.85. The summed E-state index contributed by atoms with van der Waals surface area (Å²) < 4.78 is 63.6. The molecule has 0 amide bonds. The van der Waals surface area contributed by atoms with Crippen LogP contribution < -0.4 is 0 Å². The molecule has 5 rings (SSSR count). The SMILES string of the molecule is Cn1nc(-c2nnc(C(F)F)s2)c2cc(S(=O)(=O)N(COCC[Si](C)(C)C)C3(C#N)CC3)cc(-c3ccncn3)c21. The van der Waals surface area contributed by atoms with Crippen LogP contribution in [0.15, 0.2) is 35.6 Å². The summed E-state index contributed by atoms with van der Waals surface area (Å²) in [7, 11) is -4.05. The maximum atomic E-state index is 14.3. The summed E-state index contributed by atoms with van der Waals surface area (Å²) in [5.41, 5.74) is 0.390. The summed E-state index contributed by atoms with van der Waals surface area (Å²) in [5.74, 6) is 0. The second-order valence-corrected chi connectivity index (χ2v) is 19.5. The Labute approximate surface area is 240 Å². The molecular weight excluding hydrogens is 591 g/mol. The van der Waals surface area contributed by atoms with E-state index in [0.717, 1.165) is 10.3 Å². The minimum Gasteiger partial charge on any atom is -0.365 e. The van der Waals surface area contributed by atoms with E-state index >= 15 is 0 Å². The van der Waals surface area contributed by atoms with Crippen molar-refractivity contribution in [2.24, 2.45) is 7.05 Å². The monoisotopic (exact) mass is 618 g/mol. The molecule has 16 heteroatoms. The molecule has 0 saturated heterocycles. The van der Waals surface area contributed by atoms with Crippen molar-refractivity contribution in [1.82, 2.24) is 34.3 Å². The molecule has 3 aromatic heterocycles. The summed E-state index contributed by atoms with van der Waals surface area (Å²) in [6, 6.07) is 7.56. The van der Waals surface area contributed by atoms with Crippen LogP contribution in [0.5, 0.6) is 0 Å². The average Bonchev–Trinajstić information content (AvgIpc) is 3.41. The van der Waals surface area contributed by atoms with E-state index in [1.54, 1.807) is 13.1 Å². The molecule has 11 nitrogen and oxygen atoms in total. The number of hydrogen-bond donors (Lipinski definition) is 0. The molecule has 1 aliphatic rings. The fourth-order valence-corrected chi connectivity index (χ4v) is 7.51. The van der Waals surface area contributed by atoms with Gasteiger partial charge in [-0.2, -0.15) is 14.7 Å². The highest BCUT2D eigenvalue weighted by atomic mass is 32.2. The van der Waals surface area contributed by atoms with Gasteiger partial charge in [-0.05, 0) is 37.1 Å². The molecule has 0 unspecified atom stereocenters. The van der Waals surface area contributed by atoms with E-state index in [2.05, 4.69) is 51.0 Å². The highest BCUT2D eigenvalue weighted by molar-refractivity contribution is 7.89. The zero-order chi connectivity index (χ0) is 29.6. The van der Waals surface area contributed by atoms with Crippen molar-refractivity contribution >= 4 is 40.3 Å². The first-order valence-electron chi connectivity index (χ1n) is 12.8. The number of ether oxygens (including phenoxy) is 1. The first kappa shape index (κ1) is 29.3. The Morgan fingerprint density at radius 3 is 2.61 bits per heavy atom. The van der Waals surface area contributed by atoms with Crippen LogP contribution in [0.2, 0.25) is 25.7 Å². The van der Waals surface area contributed by atoms with Crippen LogP contribution in [0.25, 0.3) is 32.9 Å². The molecule has 3 heterocycles. The van der Waals surface area contributed by atoms with Gasteiger partial charge in [-0.1, -0.05) is 31.0 Å². The molecule has 0 radical (unpaired) electrons. The molecule has 0 bridgehead atoms. The fourth-order valence-electron chi connectivity index (χ4n) is 4.37. The van der Waals surface area contributed by atoms with Crippen LogP contribution >= 0.6 is 11.3 Å². The Kier molecular flexibility index (Phi) is 7.76. The standard InChI is InChI=1S/C25H28F2N8O3S2Si/c1-34-21-17(19-5-8-29-14-30-19)11-16(12-18(21)20(33-34)23-31-32-24(39-23)22(26)27)40(36,37)35(25(13-28)6-7-25)15-38-9-10-41(2,3)4/h5,8,11-12,14,22H,6-7,9-10,15H2,1-4H3. The Morgan fingerprint density at radius 2 is 2.02 bits per heavy atom. The number of benzene rings is 1. The number of nitriles is 1. The molecule has 216 valence electrons. The Balaban J connectivity index is 1.66. The van der Waals surface area contributed by atoms with Crippen LogP contribution in [-0.2, 0) is 21.8 Å². The molecule has 0 N–H and O–H groups in total. The van der Waals surface area contributed by atoms with Gasteiger partial charge in [0.2, 0.25) is 10.0 Å². The van der Waals surface area contributed by atoms with Gasteiger partial charge in [0.05, 0.1) is 22.2 Å². The quantitative estimate of drug-likeness (QED) is 0.131. The lowest BCUT2D eigenvalue weighted by molar-refractivity contribution is 0.0660. The number of aromatic nitrogens is 6. The first-order chi connectivity index (χ1) is 19.4. The summed E-state index contributed by atoms with van der Waals surface area (Å²) in [5, 5.41) is 21.9. The zero-order valence-electron chi connectivity index (χ0n) is 22.9. The third-order valence-electron chi connectivity index (χ3n) is 6.80. The molecule has 0 spiro atoms. The molecule has 1 saturated carbocycles. The number of rotatable bonds is 11. The molecule has 1 aromatic carbocycles. The first-order valence-corrected chi connectivity index (χ1v) is 18.7. The number of nitrogens with zero attached hydrogens (tertiary/aromatic N) is 8. The number of hydrogen-bond acceptors (Lipinski definition) is 10. The van der Waals surface area contributed by atoms with Crippen molar-refractivity contribution in [3.63, 3.8) is 0 Å². The predicted molar refractivity (Wildman–Crippen MR) is 151 cm³/mol. The van der Waals surface area contributed by atoms with Crippen LogP contribution in [0.4, 0.5) is 8.78 Å². The van der Waals surface area contributed by atoms with Gasteiger partial charge in [0.1, 0.15) is 24.3 Å². The number of alkyl halides is 2. The van der Waals surface area contributed by atoms with Gasteiger partial charge in [0, 0.05) is 38.9 Å². The largest absolute Gasteiger partial charge is 0.365 e. The van der Waals surface area contributed by atoms with Gasteiger partial charge in [-0.25, -0.2) is 27.2 Å². The third kappa shape index (κ3) is 5.77. The van der Waals surface area contributed by atoms with Gasteiger partial charge in [0.25, 0.3) is 6.43 Å². The smallest absolute Gasteiger partial charge is 0.291 e. The van der Waals surface area contributed by atoms with E-state index in [0.29, 0.717) is 52.9 Å². The van der Waals surface area contributed by atoms with E-state index < -0.39 is 35.1 Å². The third-order valence-corrected chi connectivity index (χ3v) is 11.3. The summed E-state index contributed by atoms with van der Waals surface area (Å²) in [6.45, 7) is 6.69. The Hall–Kier alpha value is -3.23. The van der Waals surface area contributed by atoms with Crippen molar-refractivity contribution in [3.8, 4) is 28.0 Å². The van der Waals surface area contributed by atoms with E-state index in [-0.39, 0.29) is 22.3 Å². The van der Waals surface area contributed by atoms with Gasteiger partial charge in [-0.15, -0.1) is 10.2 Å². The Bertz CT molecular complexity index is 1730. The van der Waals surface area contributed by atoms with Gasteiger partial charge in [0.15, 0.2) is 10.0 Å². The number of sulfonamides is 1. The number of fused-ring (bicyclic) bond motifs is 1. The minimum atomic E-state index is -4.28. The second kappa shape index (κ2) is 10.9. The highest BCUT2D eigenvalue weighted by Crippen LogP contribution is 2.45. The molecular formula is C25H28F2N8O3S2Si. The van der Waals surface area contributed by atoms with E-state index in [4.69, 9.17) is 4.74 Å². The summed E-state index contributed by atoms with van der Waals surface area (Å²) in [6.07, 6.45) is 0.840. The maximum Gasteiger partial charge on any atom is 0.291 e. The topological polar surface area (TPSA) is 140 Å². The summed E-state index contributed by atoms with van der Waals surface area (Å²) >= 11 is 0.684. The molecule has 0 aliphatic heterocycles. The zero-order valence-corrected chi connectivity index (χ0v) is 25.5. The number of aryl methyl sites for hydroxylation is 1. The van der Waals surface area contributed by atoms with Crippen molar-refractivity contribution < 1.29 is 21.9 Å². The van der Waals surface area contributed by atoms with Gasteiger partial charge >= 0.3 is 0 Å². The van der Waals surface area contributed by atoms with Gasteiger partial charge in [-0.3, -0.25) is 4.68 Å². The molecule has 4 aromatic rings. The maximum absolute atomic E-state index is 14.3. The van der Waals surface area contributed by atoms with E-state index in [9.17, 15) is 22.5 Å². The minimum absolute atomic E-state index is 0.109. The van der Waals surface area contributed by atoms with Crippen molar-refractivity contribution in [2.75, 3.05) is 13.3 Å². The van der Waals surface area contributed by atoms with E-state index in [1.165, 1.54) is 29.3 Å². The van der Waals surface area contributed by atoms with Crippen molar-refractivity contribution in [2.45, 2.75) is 55.4 Å². The van der Waals surface area contributed by atoms with Crippen LogP contribution in [0.3, 0.4) is 0 Å². The van der Waals surface area contributed by atoms with Crippen LogP contribution in [0, 0.1) is 11.3 Å². The highest BCUT2D eigenvalue weighted by Gasteiger charge is 2.54. The lowest BCUT2D eigenvalue weighted by atomic mass is 10.1. The molecule has 0 atom stereocenters. The Morgan fingerprint density at radius 1 is 1.27 bits per heavy atom. The lowest BCUT2D eigenvalue weighted by Gasteiger charge is -2.27. The average molecular weight is 619 g/mol. The number of halogens is 2.